The SMILES string of the molecule is CC(C)(N)C(=O)NC(Cc1c[nH]c2ccccc12)C(=O)N1CCCC(CC(=O)c2ccccc2O)C1. The number of nitrogens with zero attached hydrogens (tertiary/aromatic N) is 1. The minimum Gasteiger partial charge on any atom is -0.507 e. The smallest absolute Gasteiger partial charge is 0.245 e. The Kier molecular flexibility index (Phi) is 7.45. The number of nitrogens with two attached hydrogens (primary N) is 1. The van der Waals surface area contributed by atoms with Gasteiger partial charge in [-0.25, -0.2) is 0 Å². The van der Waals surface area contributed by atoms with Gasteiger partial charge in [-0.1, -0.05) is 30.3 Å². The predicted molar refractivity (Wildman–Crippen MR) is 139 cm³/mol. The number of aromatic nitrogens is 1. The summed E-state index contributed by atoms with van der Waals surface area (Å²) in [7, 11) is 0. The van der Waals surface area contributed by atoms with Crippen molar-refractivity contribution in [1.82, 2.24) is 15.2 Å². The number of fused-ring (bicyclic) bond motifs is 1. The quantitative estimate of drug-likeness (QED) is 0.361. The fourth-order valence-corrected chi connectivity index (χ4v) is 4.80. The molecule has 0 bridgehead atoms. The molecule has 1 saturated heterocycles. The number of ketones is 1. The van der Waals surface area contributed by atoms with E-state index in [1.807, 2.05) is 30.5 Å². The van der Waals surface area contributed by atoms with Crippen LogP contribution in [0.15, 0.2) is 54.7 Å². The number of amides is 2. The van der Waals surface area contributed by atoms with E-state index in [0.29, 0.717) is 25.1 Å². The molecule has 1 aliphatic rings. The maximum Gasteiger partial charge on any atom is 0.245 e. The van der Waals surface area contributed by atoms with Gasteiger partial charge >= 0.3 is 0 Å². The third-order valence-electron chi connectivity index (χ3n) is 6.80. The minimum atomic E-state index is -1.13. The van der Waals surface area contributed by atoms with Crippen LogP contribution in [0.1, 0.15) is 49.0 Å². The van der Waals surface area contributed by atoms with Crippen LogP contribution in [0.5, 0.6) is 5.75 Å². The fourth-order valence-electron chi connectivity index (χ4n) is 4.80. The lowest BCUT2D eigenvalue weighted by atomic mass is 9.90. The van der Waals surface area contributed by atoms with E-state index in [1.165, 1.54) is 6.07 Å². The van der Waals surface area contributed by atoms with Crippen molar-refractivity contribution < 1.29 is 19.5 Å². The van der Waals surface area contributed by atoms with Gasteiger partial charge in [-0.2, -0.15) is 0 Å². The Morgan fingerprint density at radius 1 is 1.17 bits per heavy atom. The average Bonchev–Trinajstić information content (AvgIpc) is 3.25. The van der Waals surface area contributed by atoms with Crippen molar-refractivity contribution in [3.05, 3.63) is 65.9 Å². The lowest BCUT2D eigenvalue weighted by Gasteiger charge is -2.35. The Balaban J connectivity index is 1.50. The molecule has 0 aliphatic carbocycles. The molecule has 36 heavy (non-hydrogen) atoms. The number of phenolic OH excluding ortho intramolecular Hbond substituents is 1. The zero-order chi connectivity index (χ0) is 25.9. The number of likely N-dealkylation sites (tertiary alicyclic amines) is 1. The van der Waals surface area contributed by atoms with Crippen LogP contribution < -0.4 is 11.1 Å². The van der Waals surface area contributed by atoms with E-state index in [0.717, 1.165) is 29.3 Å². The van der Waals surface area contributed by atoms with Crippen LogP contribution in [0, 0.1) is 5.92 Å². The highest BCUT2D eigenvalue weighted by atomic mass is 16.3. The standard InChI is InChI=1S/C28H34N4O4/c1-28(2,29)27(36)31-23(15-19-16-30-22-11-5-3-9-20(19)22)26(35)32-13-7-8-18(17-32)14-25(34)21-10-4-6-12-24(21)33/h3-6,9-12,16,18,23,30,33H,7-8,13-15,17,29H2,1-2H3,(H,31,36). The van der Waals surface area contributed by atoms with Crippen molar-refractivity contribution in [3.63, 3.8) is 0 Å². The minimum absolute atomic E-state index is 0.0230. The number of hydrogen-bond acceptors (Lipinski definition) is 5. The maximum absolute atomic E-state index is 13.7. The number of H-pyrrole nitrogens is 1. The largest absolute Gasteiger partial charge is 0.507 e. The molecule has 2 heterocycles. The van der Waals surface area contributed by atoms with Crippen LogP contribution >= 0.6 is 0 Å². The molecule has 190 valence electrons. The zero-order valence-corrected chi connectivity index (χ0v) is 20.8. The molecule has 2 aromatic carbocycles. The van der Waals surface area contributed by atoms with Crippen LogP contribution in [0.3, 0.4) is 0 Å². The topological polar surface area (TPSA) is 129 Å². The Labute approximate surface area is 210 Å². The lowest BCUT2D eigenvalue weighted by molar-refractivity contribution is -0.138. The molecule has 5 N–H and O–H groups in total. The molecule has 1 aliphatic heterocycles. The van der Waals surface area contributed by atoms with E-state index in [2.05, 4.69) is 10.3 Å². The summed E-state index contributed by atoms with van der Waals surface area (Å²) in [6.07, 6.45) is 4.02. The summed E-state index contributed by atoms with van der Waals surface area (Å²) in [5.74, 6) is -0.773. The number of aromatic hydroxyl groups is 1. The number of carbonyl (C=O) groups excluding carboxylic acids is 3. The van der Waals surface area contributed by atoms with Gasteiger partial charge < -0.3 is 26.0 Å². The normalized spacial score (nSPS) is 17.1. The fraction of sp³-hybridized carbons (Fsp3) is 0.393. The molecule has 0 saturated carbocycles. The summed E-state index contributed by atoms with van der Waals surface area (Å²) in [6.45, 7) is 4.20. The molecule has 1 fully saturated rings. The molecule has 2 atom stereocenters. The third-order valence-corrected chi connectivity index (χ3v) is 6.80. The Hall–Kier alpha value is -3.65. The second-order valence-electron chi connectivity index (χ2n) is 10.2. The first-order valence-corrected chi connectivity index (χ1v) is 12.4. The van der Waals surface area contributed by atoms with Crippen molar-refractivity contribution in [2.45, 2.75) is 51.1 Å². The number of carbonyl (C=O) groups is 3. The van der Waals surface area contributed by atoms with Crippen LogP contribution in [0.4, 0.5) is 0 Å². The number of nitrogens with one attached hydrogen (secondary N) is 2. The van der Waals surface area contributed by atoms with Crippen molar-refractivity contribution in [3.8, 4) is 5.75 Å². The van der Waals surface area contributed by atoms with Crippen LogP contribution in [0.2, 0.25) is 0 Å². The molecule has 8 heteroatoms. The molecule has 0 radical (unpaired) electrons. The second kappa shape index (κ2) is 10.5. The van der Waals surface area contributed by atoms with Gasteiger partial charge in [0.15, 0.2) is 5.78 Å². The van der Waals surface area contributed by atoms with Crippen LogP contribution in [0.25, 0.3) is 10.9 Å². The average molecular weight is 491 g/mol. The number of phenols is 1. The van der Waals surface area contributed by atoms with E-state index in [1.54, 1.807) is 36.9 Å². The van der Waals surface area contributed by atoms with Crippen LogP contribution in [-0.2, 0) is 16.0 Å². The van der Waals surface area contributed by atoms with Crippen molar-refractivity contribution in [2.24, 2.45) is 11.7 Å². The third kappa shape index (κ3) is 5.76. The van der Waals surface area contributed by atoms with E-state index < -0.39 is 17.5 Å². The summed E-state index contributed by atoms with van der Waals surface area (Å²) in [5.41, 5.74) is 7.08. The molecule has 8 nitrogen and oxygen atoms in total. The van der Waals surface area contributed by atoms with E-state index >= 15 is 0 Å². The highest BCUT2D eigenvalue weighted by molar-refractivity contribution is 5.98. The number of aromatic amines is 1. The molecule has 1 aromatic heterocycles. The lowest BCUT2D eigenvalue weighted by Crippen LogP contribution is -2.58. The van der Waals surface area contributed by atoms with Crippen LogP contribution in [-0.4, -0.2) is 57.3 Å². The molecule has 2 amide bonds. The summed E-state index contributed by atoms with van der Waals surface area (Å²) in [4.78, 5) is 44.3. The van der Waals surface area contributed by atoms with Crippen molar-refractivity contribution in [2.75, 3.05) is 13.1 Å². The first kappa shape index (κ1) is 25.4. The molecule has 2 unspecified atom stereocenters. The molecular formula is C28H34N4O4. The molecular weight excluding hydrogens is 456 g/mol. The first-order chi connectivity index (χ1) is 17.1. The second-order valence-corrected chi connectivity index (χ2v) is 10.2. The zero-order valence-electron chi connectivity index (χ0n) is 20.8. The number of hydrogen-bond donors (Lipinski definition) is 4. The van der Waals surface area contributed by atoms with Gasteiger partial charge in [-0.15, -0.1) is 0 Å². The predicted octanol–water partition coefficient (Wildman–Crippen LogP) is 3.15. The van der Waals surface area contributed by atoms with Gasteiger partial charge in [0.05, 0.1) is 11.1 Å². The van der Waals surface area contributed by atoms with E-state index in [4.69, 9.17) is 5.73 Å². The Bertz CT molecular complexity index is 1260. The molecule has 3 aromatic rings. The Morgan fingerprint density at radius 3 is 2.64 bits per heavy atom. The number of para-hydroxylation sites is 2. The van der Waals surface area contributed by atoms with Gasteiger partial charge in [0.2, 0.25) is 11.8 Å². The maximum atomic E-state index is 13.7. The summed E-state index contributed by atoms with van der Waals surface area (Å²) < 4.78 is 0. The highest BCUT2D eigenvalue weighted by Gasteiger charge is 2.34. The van der Waals surface area contributed by atoms with Gasteiger partial charge in [0.25, 0.3) is 0 Å². The number of rotatable bonds is 8. The van der Waals surface area contributed by atoms with Gasteiger partial charge in [0, 0.05) is 43.0 Å². The number of piperidine rings is 1. The first-order valence-electron chi connectivity index (χ1n) is 12.4. The Morgan fingerprint density at radius 2 is 1.89 bits per heavy atom. The van der Waals surface area contributed by atoms with E-state index in [-0.39, 0.29) is 29.8 Å². The van der Waals surface area contributed by atoms with Gasteiger partial charge in [-0.3, -0.25) is 14.4 Å². The molecule has 4 rings (SSSR count). The van der Waals surface area contributed by atoms with Crippen molar-refractivity contribution in [1.29, 1.82) is 0 Å². The number of Topliss-reactive ketones (excluding diaryl/α,β-unsaturated/α-hetero) is 1. The van der Waals surface area contributed by atoms with Gasteiger partial charge in [0.1, 0.15) is 11.8 Å². The highest BCUT2D eigenvalue weighted by Crippen LogP contribution is 2.26. The van der Waals surface area contributed by atoms with Crippen molar-refractivity contribution >= 4 is 28.5 Å². The van der Waals surface area contributed by atoms with Gasteiger partial charge in [-0.05, 0) is 56.4 Å². The summed E-state index contributed by atoms with van der Waals surface area (Å²) >= 11 is 0. The summed E-state index contributed by atoms with van der Waals surface area (Å²) in [5, 5.41) is 13.9. The summed E-state index contributed by atoms with van der Waals surface area (Å²) in [6, 6.07) is 13.6. The number of benzene rings is 2. The van der Waals surface area contributed by atoms with E-state index in [9.17, 15) is 19.5 Å². The molecule has 0 spiro atoms. The monoisotopic (exact) mass is 490 g/mol.